The first-order valence-corrected chi connectivity index (χ1v) is 7.46. The minimum atomic E-state index is 0.0853. The van der Waals surface area contributed by atoms with Gasteiger partial charge in [0.25, 0.3) is 0 Å². The number of rotatable bonds is 7. The number of ether oxygens (including phenoxy) is 1. The first-order valence-electron chi connectivity index (χ1n) is 7.46. The first kappa shape index (κ1) is 15.7. The van der Waals surface area contributed by atoms with Crippen LogP contribution in [0.15, 0.2) is 60.7 Å². The molecule has 0 aliphatic rings. The summed E-state index contributed by atoms with van der Waals surface area (Å²) in [5.41, 5.74) is 2.70. The molecular formula is C19H25NO. The Kier molecular flexibility index (Phi) is 5.54. The Morgan fingerprint density at radius 1 is 0.952 bits per heavy atom. The van der Waals surface area contributed by atoms with Crippen molar-refractivity contribution in [1.29, 1.82) is 0 Å². The molecule has 0 spiro atoms. The van der Waals surface area contributed by atoms with Crippen molar-refractivity contribution in [2.75, 3.05) is 20.3 Å². The van der Waals surface area contributed by atoms with Gasteiger partial charge in [-0.3, -0.25) is 0 Å². The molecule has 1 unspecified atom stereocenters. The molecule has 0 fully saturated rings. The highest BCUT2D eigenvalue weighted by molar-refractivity contribution is 5.24. The standard InChI is InChI=1S/C19H25NO/c1-19(2,17-12-8-5-9-13-17)15-20-18(14-21-3)16-10-6-4-7-11-16/h4-13,18,20H,14-15H2,1-3H3. The number of hydrogen-bond donors (Lipinski definition) is 1. The molecule has 0 heterocycles. The Bertz CT molecular complexity index is 522. The average molecular weight is 283 g/mol. The fourth-order valence-electron chi connectivity index (χ4n) is 2.49. The lowest BCUT2D eigenvalue weighted by atomic mass is 9.84. The summed E-state index contributed by atoms with van der Waals surface area (Å²) >= 11 is 0. The molecule has 0 amide bonds. The van der Waals surface area contributed by atoms with Crippen LogP contribution in [0.5, 0.6) is 0 Å². The molecule has 0 bridgehead atoms. The summed E-state index contributed by atoms with van der Waals surface area (Å²) in [6.45, 7) is 6.11. The molecule has 1 N–H and O–H groups in total. The van der Waals surface area contributed by atoms with Crippen molar-refractivity contribution in [2.24, 2.45) is 0 Å². The maximum Gasteiger partial charge on any atom is 0.0657 e. The van der Waals surface area contributed by atoms with E-state index in [1.165, 1.54) is 11.1 Å². The summed E-state index contributed by atoms with van der Waals surface area (Å²) in [7, 11) is 1.75. The summed E-state index contributed by atoms with van der Waals surface area (Å²) in [5.74, 6) is 0. The molecule has 21 heavy (non-hydrogen) atoms. The minimum Gasteiger partial charge on any atom is -0.383 e. The third-order valence-electron chi connectivity index (χ3n) is 3.88. The van der Waals surface area contributed by atoms with Crippen LogP contribution in [0, 0.1) is 0 Å². The van der Waals surface area contributed by atoms with Gasteiger partial charge in [-0.25, -0.2) is 0 Å². The van der Waals surface area contributed by atoms with Crippen LogP contribution in [0.4, 0.5) is 0 Å². The van der Waals surface area contributed by atoms with Gasteiger partial charge < -0.3 is 10.1 Å². The Labute approximate surface area is 128 Å². The molecule has 1 atom stereocenters. The van der Waals surface area contributed by atoms with E-state index in [4.69, 9.17) is 4.74 Å². The number of nitrogens with one attached hydrogen (secondary N) is 1. The molecule has 0 aliphatic heterocycles. The predicted molar refractivity (Wildman–Crippen MR) is 88.5 cm³/mol. The highest BCUT2D eigenvalue weighted by Gasteiger charge is 2.22. The monoisotopic (exact) mass is 283 g/mol. The molecule has 0 saturated heterocycles. The van der Waals surface area contributed by atoms with Gasteiger partial charge in [0.15, 0.2) is 0 Å². The van der Waals surface area contributed by atoms with Crippen LogP contribution in [-0.4, -0.2) is 20.3 Å². The normalized spacial score (nSPS) is 13.1. The van der Waals surface area contributed by atoms with Crippen molar-refractivity contribution < 1.29 is 4.74 Å². The van der Waals surface area contributed by atoms with Crippen molar-refractivity contribution in [3.63, 3.8) is 0 Å². The molecule has 2 heteroatoms. The zero-order valence-corrected chi connectivity index (χ0v) is 13.2. The number of methoxy groups -OCH3 is 1. The summed E-state index contributed by atoms with van der Waals surface area (Å²) in [6.07, 6.45) is 0. The topological polar surface area (TPSA) is 21.3 Å². The van der Waals surface area contributed by atoms with Crippen LogP contribution in [-0.2, 0) is 10.2 Å². The second-order valence-electron chi connectivity index (χ2n) is 6.05. The van der Waals surface area contributed by atoms with Crippen LogP contribution in [0.2, 0.25) is 0 Å². The largest absolute Gasteiger partial charge is 0.383 e. The molecule has 112 valence electrons. The summed E-state index contributed by atoms with van der Waals surface area (Å²) in [4.78, 5) is 0. The van der Waals surface area contributed by atoms with Gasteiger partial charge in [0.2, 0.25) is 0 Å². The Morgan fingerprint density at radius 2 is 1.52 bits per heavy atom. The second-order valence-corrected chi connectivity index (χ2v) is 6.05. The molecular weight excluding hydrogens is 258 g/mol. The third-order valence-corrected chi connectivity index (χ3v) is 3.88. The smallest absolute Gasteiger partial charge is 0.0657 e. The molecule has 2 rings (SSSR count). The Balaban J connectivity index is 2.05. The number of hydrogen-bond acceptors (Lipinski definition) is 2. The zero-order chi connectivity index (χ0) is 15.1. The third kappa shape index (κ3) is 4.42. The van der Waals surface area contributed by atoms with Crippen molar-refractivity contribution in [1.82, 2.24) is 5.32 Å². The molecule has 0 radical (unpaired) electrons. The van der Waals surface area contributed by atoms with Gasteiger partial charge in [0.1, 0.15) is 0 Å². The van der Waals surface area contributed by atoms with E-state index in [9.17, 15) is 0 Å². The van der Waals surface area contributed by atoms with Crippen LogP contribution < -0.4 is 5.32 Å². The quantitative estimate of drug-likeness (QED) is 0.831. The second kappa shape index (κ2) is 7.39. The van der Waals surface area contributed by atoms with Gasteiger partial charge in [-0.05, 0) is 11.1 Å². The Morgan fingerprint density at radius 3 is 2.10 bits per heavy atom. The van der Waals surface area contributed by atoms with E-state index in [-0.39, 0.29) is 11.5 Å². The lowest BCUT2D eigenvalue weighted by Crippen LogP contribution is -2.36. The van der Waals surface area contributed by atoms with Gasteiger partial charge >= 0.3 is 0 Å². The van der Waals surface area contributed by atoms with E-state index in [0.29, 0.717) is 6.61 Å². The lowest BCUT2D eigenvalue weighted by Gasteiger charge is -2.29. The van der Waals surface area contributed by atoms with E-state index in [1.54, 1.807) is 7.11 Å². The summed E-state index contributed by atoms with van der Waals surface area (Å²) < 4.78 is 5.37. The number of benzene rings is 2. The zero-order valence-electron chi connectivity index (χ0n) is 13.2. The first-order chi connectivity index (χ1) is 10.1. The predicted octanol–water partition coefficient (Wildman–Crippen LogP) is 3.94. The highest BCUT2D eigenvalue weighted by atomic mass is 16.5. The van der Waals surface area contributed by atoms with E-state index >= 15 is 0 Å². The van der Waals surface area contributed by atoms with Gasteiger partial charge in [-0.1, -0.05) is 74.5 Å². The Hall–Kier alpha value is -1.64. The maximum absolute atomic E-state index is 5.37. The fourth-order valence-corrected chi connectivity index (χ4v) is 2.49. The minimum absolute atomic E-state index is 0.0853. The van der Waals surface area contributed by atoms with Crippen molar-refractivity contribution >= 4 is 0 Å². The highest BCUT2D eigenvalue weighted by Crippen LogP contribution is 2.23. The van der Waals surface area contributed by atoms with Crippen molar-refractivity contribution in [2.45, 2.75) is 25.3 Å². The van der Waals surface area contributed by atoms with Crippen molar-refractivity contribution in [3.8, 4) is 0 Å². The van der Waals surface area contributed by atoms with Gasteiger partial charge in [-0.2, -0.15) is 0 Å². The van der Waals surface area contributed by atoms with E-state index in [2.05, 4.69) is 73.8 Å². The van der Waals surface area contributed by atoms with E-state index in [0.717, 1.165) is 6.54 Å². The van der Waals surface area contributed by atoms with Crippen LogP contribution in [0.25, 0.3) is 0 Å². The molecule has 2 aromatic rings. The fraction of sp³-hybridized carbons (Fsp3) is 0.368. The molecule has 0 aromatic heterocycles. The summed E-state index contributed by atoms with van der Waals surface area (Å²) in [5, 5.41) is 3.65. The maximum atomic E-state index is 5.37. The average Bonchev–Trinajstić information content (AvgIpc) is 2.53. The van der Waals surface area contributed by atoms with Gasteiger partial charge in [0, 0.05) is 19.1 Å². The van der Waals surface area contributed by atoms with Crippen LogP contribution in [0.3, 0.4) is 0 Å². The van der Waals surface area contributed by atoms with E-state index in [1.807, 2.05) is 6.07 Å². The van der Waals surface area contributed by atoms with E-state index < -0.39 is 0 Å². The molecule has 0 aliphatic carbocycles. The van der Waals surface area contributed by atoms with Crippen LogP contribution in [0.1, 0.15) is 31.0 Å². The van der Waals surface area contributed by atoms with Gasteiger partial charge in [-0.15, -0.1) is 0 Å². The molecule has 0 saturated carbocycles. The SMILES string of the molecule is COCC(NCC(C)(C)c1ccccc1)c1ccccc1. The van der Waals surface area contributed by atoms with Crippen molar-refractivity contribution in [3.05, 3.63) is 71.8 Å². The summed E-state index contributed by atoms with van der Waals surface area (Å²) in [6, 6.07) is 21.3. The lowest BCUT2D eigenvalue weighted by molar-refractivity contribution is 0.164. The molecule has 2 aromatic carbocycles. The molecule has 2 nitrogen and oxygen atoms in total. The van der Waals surface area contributed by atoms with Gasteiger partial charge in [0.05, 0.1) is 12.6 Å². The van der Waals surface area contributed by atoms with Crippen LogP contribution >= 0.6 is 0 Å².